The summed E-state index contributed by atoms with van der Waals surface area (Å²) in [6.45, 7) is 2.31. The zero-order chi connectivity index (χ0) is 25.3. The number of aromatic nitrogens is 1. The van der Waals surface area contributed by atoms with E-state index in [1.54, 1.807) is 18.2 Å². The van der Waals surface area contributed by atoms with Crippen LogP contribution in [0, 0.1) is 5.92 Å². The van der Waals surface area contributed by atoms with Gasteiger partial charge in [-0.1, -0.05) is 18.2 Å². The molecule has 3 aromatic rings. The van der Waals surface area contributed by atoms with Crippen LogP contribution in [0.3, 0.4) is 0 Å². The number of anilines is 3. The minimum absolute atomic E-state index is 0.245. The van der Waals surface area contributed by atoms with Crippen molar-refractivity contribution >= 4 is 50.3 Å². The summed E-state index contributed by atoms with van der Waals surface area (Å²) in [5.41, 5.74) is 3.42. The topological polar surface area (TPSA) is 125 Å². The predicted octanol–water partition coefficient (Wildman–Crippen LogP) is 2.51. The third kappa shape index (κ3) is 5.15. The number of rotatable bonds is 5. The fraction of sp³-hybridized carbons (Fsp3) is 0.400. The second-order valence-electron chi connectivity index (χ2n) is 9.34. The number of amides is 2. The van der Waals surface area contributed by atoms with Crippen molar-refractivity contribution in [1.82, 2.24) is 10.3 Å². The number of nitrogens with one attached hydrogen (secondary N) is 2. The number of sulfonamides is 1. The Balaban J connectivity index is 1.12. The second-order valence-corrected chi connectivity index (χ2v) is 11.2. The Kier molecular flexibility index (Phi) is 6.57. The summed E-state index contributed by atoms with van der Waals surface area (Å²) >= 11 is 0. The largest absolute Gasteiger partial charge is 0.423 e. The smallest absolute Gasteiger partial charge is 0.313 e. The maximum atomic E-state index is 12.5. The molecule has 2 N–H and O–H groups in total. The maximum Gasteiger partial charge on any atom is 0.313 e. The molecule has 0 saturated carbocycles. The Hall–Kier alpha value is -3.60. The van der Waals surface area contributed by atoms with Gasteiger partial charge in [0.1, 0.15) is 5.52 Å². The van der Waals surface area contributed by atoms with Gasteiger partial charge in [-0.25, -0.2) is 8.42 Å². The van der Waals surface area contributed by atoms with Gasteiger partial charge < -0.3 is 20.0 Å². The van der Waals surface area contributed by atoms with E-state index in [1.807, 2.05) is 24.3 Å². The van der Waals surface area contributed by atoms with Gasteiger partial charge in [0.25, 0.3) is 6.01 Å². The van der Waals surface area contributed by atoms with Crippen molar-refractivity contribution in [2.24, 2.45) is 5.92 Å². The number of hydrogen-bond donors (Lipinski definition) is 2. The molecule has 2 amide bonds. The van der Waals surface area contributed by atoms with Crippen LogP contribution in [0.2, 0.25) is 0 Å². The molecule has 0 radical (unpaired) electrons. The molecule has 11 heteroatoms. The molecule has 5 rings (SSSR count). The highest BCUT2D eigenvalue weighted by Crippen LogP contribution is 2.32. The molecule has 2 aliphatic heterocycles. The van der Waals surface area contributed by atoms with Gasteiger partial charge in [0, 0.05) is 31.9 Å². The monoisotopic (exact) mass is 511 g/mol. The van der Waals surface area contributed by atoms with E-state index in [1.165, 1.54) is 10.6 Å². The Morgan fingerprint density at radius 2 is 1.86 bits per heavy atom. The fourth-order valence-electron chi connectivity index (χ4n) is 4.79. The van der Waals surface area contributed by atoms with Gasteiger partial charge in [0.2, 0.25) is 10.0 Å². The molecule has 0 unspecified atom stereocenters. The molecular weight excluding hydrogens is 482 g/mol. The van der Waals surface area contributed by atoms with Crippen LogP contribution < -0.4 is 19.8 Å². The van der Waals surface area contributed by atoms with Crippen LogP contribution in [0.15, 0.2) is 46.9 Å². The van der Waals surface area contributed by atoms with Crippen LogP contribution in [0.1, 0.15) is 24.8 Å². The van der Waals surface area contributed by atoms with Crippen molar-refractivity contribution in [2.75, 3.05) is 47.0 Å². The predicted molar refractivity (Wildman–Crippen MR) is 138 cm³/mol. The SMILES string of the molecule is CS(=O)(=O)N1CCCc2ccc(NC(=O)C(=O)NCC3CCN(c4nc5ccccc5o4)CC3)cc21. The molecule has 0 bridgehead atoms. The van der Waals surface area contributed by atoms with Gasteiger partial charge >= 0.3 is 11.8 Å². The van der Waals surface area contributed by atoms with Gasteiger partial charge in [0.05, 0.1) is 11.9 Å². The minimum Gasteiger partial charge on any atom is -0.423 e. The Bertz CT molecular complexity index is 1360. The Labute approximate surface area is 209 Å². The summed E-state index contributed by atoms with van der Waals surface area (Å²) in [4.78, 5) is 31.5. The van der Waals surface area contributed by atoms with E-state index >= 15 is 0 Å². The van der Waals surface area contributed by atoms with Gasteiger partial charge in [-0.3, -0.25) is 13.9 Å². The molecule has 2 aliphatic rings. The first-order chi connectivity index (χ1) is 17.3. The molecule has 36 heavy (non-hydrogen) atoms. The highest BCUT2D eigenvalue weighted by atomic mass is 32.2. The van der Waals surface area contributed by atoms with E-state index in [9.17, 15) is 18.0 Å². The molecule has 1 saturated heterocycles. The van der Waals surface area contributed by atoms with Crippen LogP contribution in [0.4, 0.5) is 17.4 Å². The normalized spacial score (nSPS) is 16.6. The highest BCUT2D eigenvalue weighted by molar-refractivity contribution is 7.92. The molecule has 3 heterocycles. The molecule has 10 nitrogen and oxygen atoms in total. The zero-order valence-corrected chi connectivity index (χ0v) is 20.9. The van der Waals surface area contributed by atoms with E-state index in [-0.39, 0.29) is 5.92 Å². The van der Waals surface area contributed by atoms with Gasteiger partial charge in [0.15, 0.2) is 5.58 Å². The molecule has 190 valence electrons. The number of hydrogen-bond acceptors (Lipinski definition) is 7. The first kappa shape index (κ1) is 24.1. The molecule has 0 atom stereocenters. The number of para-hydroxylation sites is 2. The summed E-state index contributed by atoms with van der Waals surface area (Å²) in [7, 11) is -3.42. The number of fused-ring (bicyclic) bond motifs is 2. The maximum absolute atomic E-state index is 12.5. The summed E-state index contributed by atoms with van der Waals surface area (Å²) in [5.74, 6) is -1.25. The van der Waals surface area contributed by atoms with E-state index < -0.39 is 21.8 Å². The lowest BCUT2D eigenvalue weighted by Gasteiger charge is -2.30. The molecule has 0 spiro atoms. The number of oxazole rings is 1. The molecule has 0 aliphatic carbocycles. The van der Waals surface area contributed by atoms with Crippen molar-refractivity contribution in [2.45, 2.75) is 25.7 Å². The van der Waals surface area contributed by atoms with Crippen molar-refractivity contribution < 1.29 is 22.4 Å². The lowest BCUT2D eigenvalue weighted by Crippen LogP contribution is -2.42. The summed E-state index contributed by atoms with van der Waals surface area (Å²) in [5, 5.41) is 5.32. The van der Waals surface area contributed by atoms with Crippen LogP contribution in [-0.2, 0) is 26.0 Å². The second kappa shape index (κ2) is 9.81. The van der Waals surface area contributed by atoms with Gasteiger partial charge in [-0.05, 0) is 61.4 Å². The summed E-state index contributed by atoms with van der Waals surface area (Å²) in [6, 6.07) is 13.4. The van der Waals surface area contributed by atoms with Crippen molar-refractivity contribution in [3.63, 3.8) is 0 Å². The van der Waals surface area contributed by atoms with Crippen LogP contribution in [0.5, 0.6) is 0 Å². The lowest BCUT2D eigenvalue weighted by molar-refractivity contribution is -0.136. The summed E-state index contributed by atoms with van der Waals surface area (Å²) < 4.78 is 31.4. The van der Waals surface area contributed by atoms with Crippen molar-refractivity contribution in [3.05, 3.63) is 48.0 Å². The lowest BCUT2D eigenvalue weighted by atomic mass is 9.97. The third-order valence-electron chi connectivity index (χ3n) is 6.74. The van der Waals surface area contributed by atoms with Crippen LogP contribution in [-0.4, -0.2) is 57.7 Å². The zero-order valence-electron chi connectivity index (χ0n) is 20.1. The molecule has 1 fully saturated rings. The van der Waals surface area contributed by atoms with E-state index in [4.69, 9.17) is 4.42 Å². The Morgan fingerprint density at radius 3 is 2.61 bits per heavy atom. The number of aryl methyl sites for hydroxylation is 1. The van der Waals surface area contributed by atoms with Crippen LogP contribution in [0.25, 0.3) is 11.1 Å². The van der Waals surface area contributed by atoms with Crippen molar-refractivity contribution in [1.29, 1.82) is 0 Å². The van der Waals surface area contributed by atoms with Gasteiger partial charge in [-0.2, -0.15) is 4.98 Å². The van der Waals surface area contributed by atoms with E-state index in [0.717, 1.165) is 55.4 Å². The number of carbonyl (C=O) groups is 2. The van der Waals surface area contributed by atoms with Gasteiger partial charge in [-0.15, -0.1) is 0 Å². The van der Waals surface area contributed by atoms with E-state index in [2.05, 4.69) is 20.5 Å². The average Bonchev–Trinajstić information content (AvgIpc) is 3.31. The number of carbonyl (C=O) groups excluding carboxylic acids is 2. The highest BCUT2D eigenvalue weighted by Gasteiger charge is 2.26. The fourth-order valence-corrected chi connectivity index (χ4v) is 5.78. The van der Waals surface area contributed by atoms with Crippen LogP contribution >= 0.6 is 0 Å². The first-order valence-electron chi connectivity index (χ1n) is 12.1. The standard InChI is InChI=1S/C25H29N5O5S/c1-36(33,34)30-12-4-5-18-8-9-19(15-21(18)30)27-24(32)23(31)26-16-17-10-13-29(14-11-17)25-28-20-6-2-3-7-22(20)35-25/h2-3,6-9,15,17H,4-5,10-14,16H2,1H3,(H,26,31)(H,27,32). The number of piperidine rings is 1. The van der Waals surface area contributed by atoms with Crippen molar-refractivity contribution in [3.8, 4) is 0 Å². The third-order valence-corrected chi connectivity index (χ3v) is 7.92. The number of benzene rings is 2. The quantitative estimate of drug-likeness (QED) is 0.504. The molecule has 2 aromatic carbocycles. The summed E-state index contributed by atoms with van der Waals surface area (Å²) in [6.07, 6.45) is 4.35. The molecular formula is C25H29N5O5S. The van der Waals surface area contributed by atoms with E-state index in [0.29, 0.717) is 30.5 Å². The Morgan fingerprint density at radius 1 is 1.08 bits per heavy atom. The first-order valence-corrected chi connectivity index (χ1v) is 13.9. The molecule has 1 aromatic heterocycles. The average molecular weight is 512 g/mol. The number of nitrogens with zero attached hydrogens (tertiary/aromatic N) is 3. The minimum atomic E-state index is -3.42.